The van der Waals surface area contributed by atoms with Crippen LogP contribution in [0.25, 0.3) is 10.6 Å². The third-order valence-electron chi connectivity index (χ3n) is 3.59. The van der Waals surface area contributed by atoms with Crippen LogP contribution in [-0.2, 0) is 0 Å². The molecule has 1 amide bonds. The van der Waals surface area contributed by atoms with E-state index in [4.69, 9.17) is 4.52 Å². The first-order valence-corrected chi connectivity index (χ1v) is 7.67. The lowest BCUT2D eigenvalue weighted by Gasteiger charge is -2.21. The topological polar surface area (TPSA) is 75.0 Å². The summed E-state index contributed by atoms with van der Waals surface area (Å²) in [6.07, 6.45) is 1.50. The zero-order valence-electron chi connectivity index (χ0n) is 12.5. The van der Waals surface area contributed by atoms with Crippen molar-refractivity contribution in [3.05, 3.63) is 46.8 Å². The van der Waals surface area contributed by atoms with E-state index in [1.54, 1.807) is 35.4 Å². The summed E-state index contributed by atoms with van der Waals surface area (Å²) in [5.74, 6) is -0.161. The lowest BCUT2D eigenvalue weighted by atomic mass is 10.2. The maximum absolute atomic E-state index is 12.5. The minimum Gasteiger partial charge on any atom is -0.364 e. The van der Waals surface area contributed by atoms with Gasteiger partial charge in [0, 0.05) is 18.0 Å². The van der Waals surface area contributed by atoms with Gasteiger partial charge in [0.25, 0.3) is 5.91 Å². The molecular formula is C15H16N4O2S. The Labute approximate surface area is 131 Å². The number of carbonyl (C=O) groups excluding carboxylic acids is 1. The van der Waals surface area contributed by atoms with Crippen LogP contribution in [-0.4, -0.2) is 33.2 Å². The van der Waals surface area contributed by atoms with E-state index in [1.165, 1.54) is 11.1 Å². The molecule has 0 aromatic carbocycles. The molecule has 7 heteroatoms. The highest BCUT2D eigenvalue weighted by atomic mass is 32.1. The lowest BCUT2D eigenvalue weighted by molar-refractivity contribution is 0.0731. The van der Waals surface area contributed by atoms with Gasteiger partial charge in [-0.3, -0.25) is 9.89 Å². The first-order valence-electron chi connectivity index (χ1n) is 6.86. The highest BCUT2D eigenvalue weighted by Crippen LogP contribution is 2.27. The molecule has 3 aromatic rings. The molecular weight excluding hydrogens is 300 g/mol. The van der Waals surface area contributed by atoms with Crippen molar-refractivity contribution in [1.82, 2.24) is 20.3 Å². The number of aromatic nitrogens is 3. The Bertz CT molecular complexity index is 775. The maximum Gasteiger partial charge on any atom is 0.274 e. The molecule has 0 aliphatic heterocycles. The third-order valence-corrected chi connectivity index (χ3v) is 4.62. The smallest absolute Gasteiger partial charge is 0.274 e. The molecule has 114 valence electrons. The maximum atomic E-state index is 12.5. The summed E-state index contributed by atoms with van der Waals surface area (Å²) in [5.41, 5.74) is 1.95. The van der Waals surface area contributed by atoms with Gasteiger partial charge in [-0.15, -0.1) is 11.3 Å². The second-order valence-electron chi connectivity index (χ2n) is 5.09. The summed E-state index contributed by atoms with van der Waals surface area (Å²) in [6.45, 7) is 3.94. The number of amides is 1. The van der Waals surface area contributed by atoms with Crippen LogP contribution in [0.2, 0.25) is 0 Å². The normalized spacial score (nSPS) is 12.3. The van der Waals surface area contributed by atoms with Gasteiger partial charge in [-0.25, -0.2) is 0 Å². The number of hydrogen-bond acceptors (Lipinski definition) is 5. The van der Waals surface area contributed by atoms with Gasteiger partial charge in [-0.05, 0) is 32.0 Å². The molecule has 0 spiro atoms. The number of rotatable bonds is 4. The number of aryl methyl sites for hydroxylation is 1. The monoisotopic (exact) mass is 316 g/mol. The van der Waals surface area contributed by atoms with Crippen molar-refractivity contribution < 1.29 is 9.32 Å². The van der Waals surface area contributed by atoms with Gasteiger partial charge < -0.3 is 9.42 Å². The minimum atomic E-state index is -0.185. The van der Waals surface area contributed by atoms with E-state index < -0.39 is 0 Å². The first kappa shape index (κ1) is 14.5. The van der Waals surface area contributed by atoms with Crippen LogP contribution in [0, 0.1) is 6.92 Å². The average Bonchev–Trinajstić information content (AvgIpc) is 3.24. The van der Waals surface area contributed by atoms with Crippen LogP contribution >= 0.6 is 11.3 Å². The molecule has 0 saturated carbocycles. The number of thiophene rings is 1. The zero-order chi connectivity index (χ0) is 15.7. The molecule has 0 aliphatic carbocycles. The number of nitrogens with zero attached hydrogens (tertiary/aromatic N) is 3. The fourth-order valence-electron chi connectivity index (χ4n) is 2.13. The van der Waals surface area contributed by atoms with Gasteiger partial charge in [0.1, 0.15) is 12.0 Å². The molecule has 0 radical (unpaired) electrons. The van der Waals surface area contributed by atoms with Crippen molar-refractivity contribution in [2.24, 2.45) is 0 Å². The molecule has 1 unspecified atom stereocenters. The summed E-state index contributed by atoms with van der Waals surface area (Å²) >= 11 is 1.66. The van der Waals surface area contributed by atoms with Gasteiger partial charge in [0.05, 0.1) is 16.6 Å². The van der Waals surface area contributed by atoms with Crippen LogP contribution in [0.3, 0.4) is 0 Å². The summed E-state index contributed by atoms with van der Waals surface area (Å²) in [5, 5.41) is 10.9. The van der Waals surface area contributed by atoms with Crippen molar-refractivity contribution in [3.8, 4) is 10.6 Å². The predicted molar refractivity (Wildman–Crippen MR) is 83.6 cm³/mol. The van der Waals surface area contributed by atoms with Crippen molar-refractivity contribution >= 4 is 17.2 Å². The van der Waals surface area contributed by atoms with E-state index in [0.717, 1.165) is 10.6 Å². The van der Waals surface area contributed by atoms with E-state index in [9.17, 15) is 4.79 Å². The second-order valence-corrected chi connectivity index (χ2v) is 6.38. The van der Waals surface area contributed by atoms with Crippen molar-refractivity contribution in [2.45, 2.75) is 19.9 Å². The molecule has 0 fully saturated rings. The average molecular weight is 316 g/mol. The highest BCUT2D eigenvalue weighted by Gasteiger charge is 2.23. The quantitative estimate of drug-likeness (QED) is 0.801. The van der Waals surface area contributed by atoms with E-state index in [0.29, 0.717) is 11.4 Å². The highest BCUT2D eigenvalue weighted by molar-refractivity contribution is 7.15. The largest absolute Gasteiger partial charge is 0.364 e. The third kappa shape index (κ3) is 2.67. The Kier molecular flexibility index (Phi) is 3.81. The van der Waals surface area contributed by atoms with Crippen LogP contribution in [0.15, 0.2) is 35.1 Å². The van der Waals surface area contributed by atoms with Crippen molar-refractivity contribution in [2.75, 3.05) is 7.05 Å². The summed E-state index contributed by atoms with van der Waals surface area (Å²) in [4.78, 5) is 16.4. The number of aromatic amines is 1. The van der Waals surface area contributed by atoms with E-state index in [2.05, 4.69) is 15.4 Å². The summed E-state index contributed by atoms with van der Waals surface area (Å²) in [6, 6.07) is 7.40. The predicted octanol–water partition coefficient (Wildman–Crippen LogP) is 3.27. The van der Waals surface area contributed by atoms with Crippen LogP contribution < -0.4 is 0 Å². The van der Waals surface area contributed by atoms with Crippen LogP contribution in [0.5, 0.6) is 0 Å². The fraction of sp³-hybridized carbons (Fsp3) is 0.267. The van der Waals surface area contributed by atoms with Crippen molar-refractivity contribution in [3.63, 3.8) is 0 Å². The lowest BCUT2D eigenvalue weighted by Crippen LogP contribution is -2.30. The molecule has 3 aromatic heterocycles. The molecule has 6 nitrogen and oxygen atoms in total. The fourth-order valence-corrected chi connectivity index (χ4v) is 2.96. The number of H-pyrrole nitrogens is 1. The number of hydrogen-bond donors (Lipinski definition) is 1. The van der Waals surface area contributed by atoms with Gasteiger partial charge in [0.2, 0.25) is 0 Å². The molecule has 1 N–H and O–H groups in total. The van der Waals surface area contributed by atoms with Gasteiger partial charge >= 0.3 is 0 Å². The molecule has 3 heterocycles. The molecule has 22 heavy (non-hydrogen) atoms. The Morgan fingerprint density at radius 3 is 2.86 bits per heavy atom. The Morgan fingerprint density at radius 1 is 1.41 bits per heavy atom. The standard InChI is InChI=1S/C15H16N4O2S/c1-9-4-5-14(22-9)12-8-13(17-16-12)15(20)19(3)10(2)11-6-7-21-18-11/h4-8,10H,1-3H3,(H,16,17). The first-order chi connectivity index (χ1) is 10.6. The van der Waals surface area contributed by atoms with Gasteiger partial charge in [0.15, 0.2) is 5.69 Å². The minimum absolute atomic E-state index is 0.161. The molecule has 0 bridgehead atoms. The Hall–Kier alpha value is -2.41. The van der Waals surface area contributed by atoms with E-state index in [1.807, 2.05) is 26.0 Å². The summed E-state index contributed by atoms with van der Waals surface area (Å²) in [7, 11) is 1.73. The molecule has 1 atom stereocenters. The number of carbonyl (C=O) groups is 1. The van der Waals surface area contributed by atoms with Gasteiger partial charge in [-0.1, -0.05) is 5.16 Å². The number of nitrogens with one attached hydrogen (secondary N) is 1. The zero-order valence-corrected chi connectivity index (χ0v) is 13.3. The van der Waals surface area contributed by atoms with E-state index in [-0.39, 0.29) is 11.9 Å². The molecule has 3 rings (SSSR count). The SMILES string of the molecule is Cc1ccc(-c2cc(C(=O)N(C)C(C)c3ccon3)n[nH]2)s1. The van der Waals surface area contributed by atoms with E-state index >= 15 is 0 Å². The molecule has 0 aliphatic rings. The van der Waals surface area contributed by atoms with Crippen molar-refractivity contribution in [1.29, 1.82) is 0 Å². The Balaban J connectivity index is 1.79. The Morgan fingerprint density at radius 2 is 2.23 bits per heavy atom. The summed E-state index contributed by atoms with van der Waals surface area (Å²) < 4.78 is 4.83. The van der Waals surface area contributed by atoms with Crippen LogP contribution in [0.1, 0.15) is 34.0 Å². The molecule has 0 saturated heterocycles. The van der Waals surface area contributed by atoms with Crippen LogP contribution in [0.4, 0.5) is 0 Å². The van der Waals surface area contributed by atoms with Gasteiger partial charge in [-0.2, -0.15) is 5.10 Å². The second kappa shape index (κ2) is 5.76.